The fraction of sp³-hybridized carbons (Fsp3) is 1.00. The molecule has 0 spiro atoms. The maximum atomic E-state index is 12.8. The second-order valence-corrected chi connectivity index (χ2v) is 7.74. The van der Waals surface area contributed by atoms with Crippen LogP contribution < -0.4 is 0 Å². The predicted molar refractivity (Wildman–Crippen MR) is 53.6 cm³/mol. The van der Waals surface area contributed by atoms with Crippen LogP contribution in [0.3, 0.4) is 0 Å². The van der Waals surface area contributed by atoms with Crippen LogP contribution in [0.15, 0.2) is 0 Å². The Morgan fingerprint density at radius 2 is 1.75 bits per heavy atom. The minimum atomic E-state index is -5.33. The van der Waals surface area contributed by atoms with Gasteiger partial charge >= 0.3 is 15.2 Å². The molecule has 0 heterocycles. The molecule has 2 atom stereocenters. The Hall–Kier alpha value is 0.190. The summed E-state index contributed by atoms with van der Waals surface area (Å²) in [5.41, 5.74) is -4.45. The highest BCUT2D eigenvalue weighted by atomic mass is 31.2. The zero-order valence-corrected chi connectivity index (χ0v) is 10.6. The van der Waals surface area contributed by atoms with Crippen LogP contribution in [0.5, 0.6) is 0 Å². The van der Waals surface area contributed by atoms with E-state index in [0.29, 0.717) is 0 Å². The first kappa shape index (κ1) is 16.2. The molecule has 0 radical (unpaired) electrons. The number of halogens is 1. The van der Waals surface area contributed by atoms with Gasteiger partial charge in [0.1, 0.15) is 0 Å². The van der Waals surface area contributed by atoms with Crippen molar-refractivity contribution in [2.75, 3.05) is 6.61 Å². The Balaban J connectivity index is 4.38. The molecular weight excluding hydrogens is 265 g/mol. The van der Waals surface area contributed by atoms with E-state index >= 15 is 0 Å². The minimum absolute atomic E-state index is 0.0779. The first-order valence-corrected chi connectivity index (χ1v) is 7.58. The van der Waals surface area contributed by atoms with E-state index in [4.69, 9.17) is 14.7 Å². The molecule has 7 nitrogen and oxygen atoms in total. The zero-order chi connectivity index (χ0) is 13.2. The molecule has 0 aliphatic rings. The number of hydrogen-bond acceptors (Lipinski definition) is 4. The van der Waals surface area contributed by atoms with Crippen molar-refractivity contribution in [2.24, 2.45) is 0 Å². The third-order valence-corrected chi connectivity index (χ3v) is 4.96. The molecule has 0 amide bonds. The Bertz CT molecular complexity index is 319. The van der Waals surface area contributed by atoms with Gasteiger partial charge in [-0.1, -0.05) is 0 Å². The molecule has 0 aromatic rings. The lowest BCUT2D eigenvalue weighted by Gasteiger charge is -2.20. The van der Waals surface area contributed by atoms with E-state index in [1.54, 1.807) is 0 Å². The maximum Gasteiger partial charge on any atom is 0.374 e. The van der Waals surface area contributed by atoms with E-state index in [9.17, 15) is 18.6 Å². The van der Waals surface area contributed by atoms with Crippen molar-refractivity contribution in [1.29, 1.82) is 0 Å². The van der Waals surface area contributed by atoms with E-state index in [1.165, 1.54) is 13.8 Å². The molecule has 0 aromatic carbocycles. The fourth-order valence-corrected chi connectivity index (χ4v) is 2.87. The highest BCUT2D eigenvalue weighted by Gasteiger charge is 2.46. The molecule has 0 saturated heterocycles. The molecule has 0 fully saturated rings. The molecule has 0 bridgehead atoms. The van der Waals surface area contributed by atoms with Gasteiger partial charge in [0.25, 0.3) is 5.65 Å². The van der Waals surface area contributed by atoms with Gasteiger partial charge in [0.2, 0.25) is 0 Å². The van der Waals surface area contributed by atoms with Gasteiger partial charge in [0, 0.05) is 0 Å². The van der Waals surface area contributed by atoms with Crippen LogP contribution >= 0.6 is 15.2 Å². The summed E-state index contributed by atoms with van der Waals surface area (Å²) in [5, 5.41) is 9.21. The van der Waals surface area contributed by atoms with E-state index in [0.717, 1.165) is 0 Å². The zero-order valence-electron chi connectivity index (χ0n) is 8.78. The van der Waals surface area contributed by atoms with E-state index in [2.05, 4.69) is 4.52 Å². The van der Waals surface area contributed by atoms with Crippen LogP contribution in [0.2, 0.25) is 0 Å². The summed E-state index contributed by atoms with van der Waals surface area (Å²) in [6.07, 6.45) is -0.0779. The fourth-order valence-electron chi connectivity index (χ4n) is 0.678. The molecule has 4 N–H and O–H groups in total. The predicted octanol–water partition coefficient (Wildman–Crippen LogP) is 0.780. The summed E-state index contributed by atoms with van der Waals surface area (Å²) in [4.78, 5) is 25.6. The Morgan fingerprint density at radius 1 is 1.31 bits per heavy atom. The Labute approximate surface area is 91.9 Å². The molecule has 0 saturated carbocycles. The number of alkyl halides is 1. The van der Waals surface area contributed by atoms with Gasteiger partial charge in [-0.25, -0.2) is 4.39 Å². The quantitative estimate of drug-likeness (QED) is 0.530. The topological polar surface area (TPSA) is 124 Å². The van der Waals surface area contributed by atoms with Crippen molar-refractivity contribution in [3.8, 4) is 0 Å². The second kappa shape index (κ2) is 5.23. The minimum Gasteiger partial charge on any atom is -0.390 e. The van der Waals surface area contributed by atoms with Crippen molar-refractivity contribution in [3.05, 3.63) is 0 Å². The molecule has 0 aliphatic heterocycles. The summed E-state index contributed by atoms with van der Waals surface area (Å²) in [6.45, 7) is 2.31. The van der Waals surface area contributed by atoms with Gasteiger partial charge in [-0.3, -0.25) is 9.13 Å². The van der Waals surface area contributed by atoms with Crippen LogP contribution in [-0.4, -0.2) is 37.6 Å². The van der Waals surface area contributed by atoms with Gasteiger partial charge in [0.05, 0.1) is 12.2 Å². The molecule has 10 heteroatoms. The van der Waals surface area contributed by atoms with Crippen molar-refractivity contribution in [1.82, 2.24) is 0 Å². The molecule has 2 unspecified atom stereocenters. The highest BCUT2D eigenvalue weighted by Crippen LogP contribution is 2.63. The molecular formula is C6H15FO7P2. The summed E-state index contributed by atoms with van der Waals surface area (Å²) >= 11 is 0. The SMILES string of the molecule is CC(C)(O)CCOP(=O)(O)C(F)P(=O)(O)O. The van der Waals surface area contributed by atoms with Gasteiger partial charge in [-0.2, -0.15) is 0 Å². The smallest absolute Gasteiger partial charge is 0.374 e. The van der Waals surface area contributed by atoms with Crippen LogP contribution in [0.4, 0.5) is 4.39 Å². The standard InChI is InChI=1S/C6H15FO7P2/c1-6(2,8)3-4-14-16(12,13)5(7)15(9,10)11/h5,8H,3-4H2,1-2H3,(H,12,13)(H2,9,10,11). The third kappa shape index (κ3) is 6.06. The number of aliphatic hydroxyl groups is 1. The van der Waals surface area contributed by atoms with E-state index < -0.39 is 33.1 Å². The molecule has 0 aromatic heterocycles. The van der Waals surface area contributed by atoms with E-state index in [-0.39, 0.29) is 6.42 Å². The summed E-state index contributed by atoms with van der Waals surface area (Å²) in [7, 11) is -10.4. The van der Waals surface area contributed by atoms with Gasteiger partial charge in [-0.15, -0.1) is 0 Å². The van der Waals surface area contributed by atoms with Crippen molar-refractivity contribution in [2.45, 2.75) is 31.5 Å². The summed E-state index contributed by atoms with van der Waals surface area (Å²) in [6, 6.07) is 0. The van der Waals surface area contributed by atoms with Gasteiger partial charge < -0.3 is 24.3 Å². The monoisotopic (exact) mass is 280 g/mol. The number of rotatable bonds is 6. The van der Waals surface area contributed by atoms with Crippen LogP contribution in [0.25, 0.3) is 0 Å². The average molecular weight is 280 g/mol. The summed E-state index contributed by atoms with van der Waals surface area (Å²) in [5.74, 6) is 0. The molecule has 16 heavy (non-hydrogen) atoms. The lowest BCUT2D eigenvalue weighted by molar-refractivity contribution is 0.0530. The second-order valence-electron chi connectivity index (χ2n) is 3.86. The average Bonchev–Trinajstić information content (AvgIpc) is 1.98. The van der Waals surface area contributed by atoms with Crippen LogP contribution in [0, 0.1) is 0 Å². The lowest BCUT2D eigenvalue weighted by atomic mass is 10.1. The largest absolute Gasteiger partial charge is 0.390 e. The normalized spacial score (nSPS) is 19.2. The van der Waals surface area contributed by atoms with Gasteiger partial charge in [0.15, 0.2) is 0 Å². The first-order valence-electron chi connectivity index (χ1n) is 4.25. The lowest BCUT2D eigenvalue weighted by Crippen LogP contribution is -2.21. The number of hydrogen-bond donors (Lipinski definition) is 4. The Morgan fingerprint density at radius 3 is 2.06 bits per heavy atom. The maximum absolute atomic E-state index is 12.8. The third-order valence-electron chi connectivity index (χ3n) is 1.54. The van der Waals surface area contributed by atoms with Gasteiger partial charge in [-0.05, 0) is 20.3 Å². The highest BCUT2D eigenvalue weighted by molar-refractivity contribution is 7.70. The Kier molecular flexibility index (Phi) is 5.29. The first-order chi connectivity index (χ1) is 6.86. The van der Waals surface area contributed by atoms with E-state index in [1.807, 2.05) is 0 Å². The van der Waals surface area contributed by atoms with Crippen molar-refractivity contribution >= 4 is 15.2 Å². The van der Waals surface area contributed by atoms with Crippen molar-refractivity contribution < 1.29 is 37.8 Å². The van der Waals surface area contributed by atoms with Crippen LogP contribution in [0.1, 0.15) is 20.3 Å². The van der Waals surface area contributed by atoms with Crippen molar-refractivity contribution in [3.63, 3.8) is 0 Å². The molecule has 0 rings (SSSR count). The molecule has 0 aliphatic carbocycles. The molecule has 98 valence electrons. The van der Waals surface area contributed by atoms with Crippen LogP contribution in [-0.2, 0) is 13.7 Å². The summed E-state index contributed by atoms with van der Waals surface area (Å²) < 4.78 is 38.4.